The van der Waals surface area contributed by atoms with Crippen LogP contribution in [-0.2, 0) is 56.7 Å². The lowest BCUT2D eigenvalue weighted by Gasteiger charge is -2.41. The molecule has 4 atom stereocenters. The quantitative estimate of drug-likeness (QED) is 0.114. The molecule has 0 radical (unpaired) electrons. The number of hydrogen-bond donors (Lipinski definition) is 1. The highest BCUT2D eigenvalue weighted by Gasteiger charge is 2.67. The van der Waals surface area contributed by atoms with Crippen LogP contribution in [0.15, 0.2) is 247 Å². The normalized spacial score (nSPS) is 22.3. The Kier molecular flexibility index (Phi) is 13.3. The summed E-state index contributed by atoms with van der Waals surface area (Å²) in [6.07, 6.45) is -0.865. The molecule has 3 fully saturated rings. The molecule has 1 N–H and O–H groups in total. The van der Waals surface area contributed by atoms with E-state index in [0.717, 1.165) is 61.2 Å². The summed E-state index contributed by atoms with van der Waals surface area (Å²) in [7, 11) is -2.18. The van der Waals surface area contributed by atoms with E-state index in [0.29, 0.717) is 31.4 Å². The van der Waals surface area contributed by atoms with Gasteiger partial charge in [0.15, 0.2) is 22.9 Å². The molecule has 9 nitrogen and oxygen atoms in total. The third kappa shape index (κ3) is 9.37. The highest BCUT2D eigenvalue weighted by molar-refractivity contribution is 7.41. The largest absolute Gasteiger partial charge is 0.476 e. The van der Waals surface area contributed by atoms with Crippen molar-refractivity contribution >= 4 is 14.5 Å². The summed E-state index contributed by atoms with van der Waals surface area (Å²) in [5, 5.41) is 3.67. The standard InChI is InChI=1S/C64H57N2O7P/c1-62(2)70-58-59(71-62)64(53-35-17-7-18-36-53,54-37-19-8-20-38-54)73-74(72-63(58,51-31-13-5-14-32-51)52-33-15-6-16-34-52)69-42-46-24-22-30-50(40-46)49-29-21-23-45(39-49)41-55(60-65-56(43-67-60)47-25-9-3-10-26-47)61-66-57(44-68-61)48-27-11-4-12-28-48/h3-40,56-59,65H,41-44H2,1-2H3/b60-55+/t56-,57-,58-,59-/m1/s1. The van der Waals surface area contributed by atoms with Crippen molar-refractivity contribution in [1.29, 1.82) is 0 Å². The van der Waals surface area contributed by atoms with E-state index in [1.165, 1.54) is 0 Å². The second-order valence-electron chi connectivity index (χ2n) is 19.6. The Morgan fingerprint density at radius 1 is 0.527 bits per heavy atom. The Bertz CT molecular complexity index is 3070. The van der Waals surface area contributed by atoms with Gasteiger partial charge >= 0.3 is 8.60 Å². The average Bonchev–Trinajstić information content (AvgIpc) is 4.23. The topological polar surface area (TPSA) is 89.0 Å². The number of aliphatic imine (C=N–C) groups is 1. The van der Waals surface area contributed by atoms with Gasteiger partial charge in [0.1, 0.15) is 31.5 Å². The molecule has 0 spiro atoms. The van der Waals surface area contributed by atoms with Gasteiger partial charge in [0.25, 0.3) is 0 Å². The number of hydrogen-bond acceptors (Lipinski definition) is 9. The molecule has 12 rings (SSSR count). The maximum atomic E-state index is 7.59. The summed E-state index contributed by atoms with van der Waals surface area (Å²) in [6, 6.07) is 78.8. The SMILES string of the molecule is CC1(C)O[C@@H]2[C@@H](O1)C(c1ccccc1)(c1ccccc1)OP(OCc1cccc(-c3cccc(C/C(C4=N[C@@H](c5ccccc5)CO4)=C4/N[C@@H](c5ccccc5)CO4)c3)c1)OC2(c1ccccc1)c1ccccc1. The van der Waals surface area contributed by atoms with Crippen molar-refractivity contribution in [2.24, 2.45) is 4.99 Å². The predicted molar refractivity (Wildman–Crippen MR) is 288 cm³/mol. The average molecular weight is 997 g/mol. The molecule has 370 valence electrons. The van der Waals surface area contributed by atoms with E-state index in [9.17, 15) is 0 Å². The van der Waals surface area contributed by atoms with Crippen LogP contribution in [0, 0.1) is 0 Å². The Morgan fingerprint density at radius 2 is 0.986 bits per heavy atom. The summed E-state index contributed by atoms with van der Waals surface area (Å²) in [5.41, 5.74) is 8.44. The maximum absolute atomic E-state index is 7.59. The number of rotatable bonds is 13. The fourth-order valence-corrected chi connectivity index (χ4v) is 12.3. The first-order valence-electron chi connectivity index (χ1n) is 25.4. The van der Waals surface area contributed by atoms with Crippen molar-refractivity contribution in [3.8, 4) is 11.1 Å². The van der Waals surface area contributed by atoms with Crippen molar-refractivity contribution < 1.29 is 32.5 Å². The van der Waals surface area contributed by atoms with Crippen LogP contribution in [-0.4, -0.2) is 37.1 Å². The van der Waals surface area contributed by atoms with E-state index in [1.54, 1.807) is 0 Å². The summed E-state index contributed by atoms with van der Waals surface area (Å²) in [4.78, 5) is 5.13. The number of fused-ring (bicyclic) bond motifs is 1. The van der Waals surface area contributed by atoms with Gasteiger partial charge in [0.05, 0.1) is 18.2 Å². The fraction of sp³-hybridized carbons (Fsp3) is 0.203. The molecule has 0 aliphatic carbocycles. The number of benzene rings is 8. The highest BCUT2D eigenvalue weighted by Crippen LogP contribution is 2.65. The maximum Gasteiger partial charge on any atom is 0.335 e. The lowest BCUT2D eigenvalue weighted by molar-refractivity contribution is -0.176. The van der Waals surface area contributed by atoms with Gasteiger partial charge in [-0.1, -0.05) is 224 Å². The van der Waals surface area contributed by atoms with E-state index in [2.05, 4.69) is 139 Å². The van der Waals surface area contributed by atoms with Gasteiger partial charge in [-0.15, -0.1) is 0 Å². The van der Waals surface area contributed by atoms with Gasteiger partial charge in [-0.3, -0.25) is 9.05 Å². The molecule has 0 amide bonds. The van der Waals surface area contributed by atoms with Gasteiger partial charge in [-0.2, -0.15) is 0 Å². The molecular weight excluding hydrogens is 940 g/mol. The molecule has 0 aromatic heterocycles. The van der Waals surface area contributed by atoms with Crippen LogP contribution in [0.1, 0.15) is 70.4 Å². The first-order chi connectivity index (χ1) is 36.3. The van der Waals surface area contributed by atoms with Crippen LogP contribution in [0.25, 0.3) is 11.1 Å². The van der Waals surface area contributed by atoms with Crippen LogP contribution in [0.2, 0.25) is 0 Å². The molecule has 3 saturated heterocycles. The Hall–Kier alpha value is -7.20. The van der Waals surface area contributed by atoms with Crippen molar-refractivity contribution in [1.82, 2.24) is 5.32 Å². The van der Waals surface area contributed by atoms with Crippen molar-refractivity contribution in [2.75, 3.05) is 13.2 Å². The minimum Gasteiger partial charge on any atom is -0.476 e. The van der Waals surface area contributed by atoms with Gasteiger partial charge in [-0.25, -0.2) is 4.99 Å². The Balaban J connectivity index is 0.887. The Morgan fingerprint density at radius 3 is 1.50 bits per heavy atom. The van der Waals surface area contributed by atoms with Gasteiger partial charge < -0.3 is 28.8 Å². The third-order valence-corrected chi connectivity index (χ3v) is 15.5. The van der Waals surface area contributed by atoms with Crippen LogP contribution < -0.4 is 5.32 Å². The molecule has 0 saturated carbocycles. The van der Waals surface area contributed by atoms with Crippen molar-refractivity contribution in [3.63, 3.8) is 0 Å². The molecule has 0 bridgehead atoms. The summed E-state index contributed by atoms with van der Waals surface area (Å²) < 4.78 is 49.4. The first kappa shape index (κ1) is 47.8. The minimum absolute atomic E-state index is 0.00859. The molecule has 4 heterocycles. The van der Waals surface area contributed by atoms with E-state index in [1.807, 2.05) is 111 Å². The molecule has 8 aromatic carbocycles. The van der Waals surface area contributed by atoms with Crippen molar-refractivity contribution in [2.45, 2.75) is 68.2 Å². The lowest BCUT2D eigenvalue weighted by Crippen LogP contribution is -2.53. The molecule has 4 aliphatic heterocycles. The second kappa shape index (κ2) is 20.6. The van der Waals surface area contributed by atoms with Crippen LogP contribution in [0.3, 0.4) is 0 Å². The molecule has 4 aliphatic rings. The van der Waals surface area contributed by atoms with Crippen LogP contribution >= 0.6 is 8.60 Å². The van der Waals surface area contributed by atoms with Crippen molar-refractivity contribution in [3.05, 3.63) is 286 Å². The van der Waals surface area contributed by atoms with Gasteiger partial charge in [-0.05, 0) is 75.5 Å². The molecular formula is C64H57N2O7P. The third-order valence-electron chi connectivity index (χ3n) is 14.3. The zero-order chi connectivity index (χ0) is 50.0. The number of nitrogens with zero attached hydrogens (tertiary/aromatic N) is 1. The van der Waals surface area contributed by atoms with E-state index < -0.39 is 37.8 Å². The van der Waals surface area contributed by atoms with E-state index >= 15 is 0 Å². The second-order valence-corrected chi connectivity index (χ2v) is 20.6. The Labute approximate surface area is 434 Å². The van der Waals surface area contributed by atoms with Gasteiger partial charge in [0, 0.05) is 6.42 Å². The lowest BCUT2D eigenvalue weighted by atomic mass is 9.72. The summed E-state index contributed by atoms with van der Waals surface area (Å²) in [5.74, 6) is 0.291. The zero-order valence-corrected chi connectivity index (χ0v) is 42.2. The zero-order valence-electron chi connectivity index (χ0n) is 41.3. The number of nitrogens with one attached hydrogen (secondary N) is 1. The van der Waals surface area contributed by atoms with Gasteiger partial charge in [0.2, 0.25) is 5.90 Å². The predicted octanol–water partition coefficient (Wildman–Crippen LogP) is 13.8. The fourth-order valence-electron chi connectivity index (χ4n) is 10.8. The van der Waals surface area contributed by atoms with Crippen LogP contribution in [0.5, 0.6) is 0 Å². The molecule has 0 unspecified atom stereocenters. The van der Waals surface area contributed by atoms with Crippen LogP contribution in [0.4, 0.5) is 0 Å². The molecule has 8 aromatic rings. The smallest absolute Gasteiger partial charge is 0.335 e. The molecule has 74 heavy (non-hydrogen) atoms. The monoisotopic (exact) mass is 996 g/mol. The summed E-state index contributed by atoms with van der Waals surface area (Å²) in [6.45, 7) is 5.09. The summed E-state index contributed by atoms with van der Waals surface area (Å²) >= 11 is 0. The minimum atomic E-state index is -2.18. The number of ether oxygens (including phenoxy) is 4. The highest BCUT2D eigenvalue weighted by atomic mass is 31.2. The van der Waals surface area contributed by atoms with E-state index in [-0.39, 0.29) is 18.7 Å². The van der Waals surface area contributed by atoms with E-state index in [4.69, 9.17) is 37.5 Å². The first-order valence-corrected chi connectivity index (χ1v) is 26.4. The molecule has 10 heteroatoms.